The molecule has 0 saturated carbocycles. The number of halogens is 3. The lowest BCUT2D eigenvalue weighted by atomic mass is 10.1. The zero-order valence-electron chi connectivity index (χ0n) is 15.7. The monoisotopic (exact) mass is 435 g/mol. The largest absolute Gasteiger partial charge is 0.573 e. The molecule has 6 nitrogen and oxygen atoms in total. The second-order valence-corrected chi connectivity index (χ2v) is 7.29. The van der Waals surface area contributed by atoms with Gasteiger partial charge in [0.25, 0.3) is 5.91 Å². The highest BCUT2D eigenvalue weighted by Crippen LogP contribution is 2.40. The van der Waals surface area contributed by atoms with Crippen molar-refractivity contribution in [3.05, 3.63) is 59.1 Å². The van der Waals surface area contributed by atoms with E-state index in [1.54, 1.807) is 12.1 Å². The molecule has 1 aliphatic rings. The number of rotatable bonds is 4. The third kappa shape index (κ3) is 4.33. The highest BCUT2D eigenvalue weighted by Gasteiger charge is 2.31. The summed E-state index contributed by atoms with van der Waals surface area (Å²) in [4.78, 5) is 19.3. The van der Waals surface area contributed by atoms with Crippen molar-refractivity contribution in [3.8, 4) is 11.5 Å². The Morgan fingerprint density at radius 1 is 1.23 bits per heavy atom. The van der Waals surface area contributed by atoms with E-state index in [0.29, 0.717) is 30.2 Å². The van der Waals surface area contributed by atoms with E-state index < -0.39 is 12.3 Å². The van der Waals surface area contributed by atoms with Crippen molar-refractivity contribution < 1.29 is 27.4 Å². The van der Waals surface area contributed by atoms with Gasteiger partial charge >= 0.3 is 6.36 Å². The Balaban J connectivity index is 1.55. The number of alkyl halides is 3. The summed E-state index contributed by atoms with van der Waals surface area (Å²) in [5.74, 6) is -0.366. The van der Waals surface area contributed by atoms with Crippen LogP contribution >= 0.6 is 11.3 Å². The molecule has 0 atom stereocenters. The van der Waals surface area contributed by atoms with Gasteiger partial charge in [0.2, 0.25) is 0 Å². The number of amides is 1. The van der Waals surface area contributed by atoms with E-state index in [2.05, 4.69) is 15.0 Å². The van der Waals surface area contributed by atoms with Crippen molar-refractivity contribution >= 4 is 33.8 Å². The van der Waals surface area contributed by atoms with Crippen molar-refractivity contribution in [2.24, 2.45) is 0 Å². The second kappa shape index (κ2) is 7.86. The van der Waals surface area contributed by atoms with Gasteiger partial charge in [-0.2, -0.15) is 0 Å². The number of para-hydroxylation sites is 1. The lowest BCUT2D eigenvalue weighted by Crippen LogP contribution is -2.30. The topological polar surface area (TPSA) is 63.7 Å². The van der Waals surface area contributed by atoms with Gasteiger partial charge in [0.05, 0.1) is 23.5 Å². The maximum absolute atomic E-state index is 12.8. The molecular formula is C20H16F3N3O3S. The highest BCUT2D eigenvalue weighted by molar-refractivity contribution is 7.13. The molecule has 30 heavy (non-hydrogen) atoms. The summed E-state index contributed by atoms with van der Waals surface area (Å²) in [5.41, 5.74) is 2.29. The molecule has 0 bridgehead atoms. The summed E-state index contributed by atoms with van der Waals surface area (Å²) in [5, 5.41) is 5.44. The number of thiazole rings is 1. The molecule has 0 spiro atoms. The van der Waals surface area contributed by atoms with Crippen molar-refractivity contribution in [3.63, 3.8) is 0 Å². The van der Waals surface area contributed by atoms with Gasteiger partial charge in [0.1, 0.15) is 12.4 Å². The van der Waals surface area contributed by atoms with Crippen LogP contribution in [0.15, 0.2) is 47.8 Å². The summed E-state index contributed by atoms with van der Waals surface area (Å²) < 4.78 is 46.4. The zero-order chi connectivity index (χ0) is 21.3. The SMILES string of the molecule is Cc1csc(N2CCOc3c(C(=O)Nc4ccc(OC(F)(F)F)cc4)cccc32)n1. The summed E-state index contributed by atoms with van der Waals surface area (Å²) >= 11 is 1.51. The van der Waals surface area contributed by atoms with Crippen LogP contribution in [0.4, 0.5) is 29.7 Å². The minimum Gasteiger partial charge on any atom is -0.489 e. The molecule has 10 heteroatoms. The summed E-state index contributed by atoms with van der Waals surface area (Å²) in [6.07, 6.45) is -4.77. The molecule has 1 aromatic heterocycles. The van der Waals surface area contributed by atoms with Crippen LogP contribution in [0.5, 0.6) is 11.5 Å². The molecule has 2 aromatic carbocycles. The Hall–Kier alpha value is -3.27. The summed E-state index contributed by atoms with van der Waals surface area (Å²) in [6, 6.07) is 10.2. The second-order valence-electron chi connectivity index (χ2n) is 6.45. The van der Waals surface area contributed by atoms with E-state index in [1.807, 2.05) is 23.3 Å². The number of anilines is 3. The molecule has 3 aromatic rings. The van der Waals surface area contributed by atoms with Crippen LogP contribution < -0.4 is 19.7 Å². The van der Waals surface area contributed by atoms with E-state index in [-0.39, 0.29) is 5.75 Å². The molecule has 4 rings (SSSR count). The quantitative estimate of drug-likeness (QED) is 0.615. The minimum absolute atomic E-state index is 0.320. The fourth-order valence-corrected chi connectivity index (χ4v) is 3.87. The Morgan fingerprint density at radius 2 is 2.00 bits per heavy atom. The molecule has 0 saturated heterocycles. The number of ether oxygens (including phenoxy) is 2. The lowest BCUT2D eigenvalue weighted by Gasteiger charge is -2.30. The maximum Gasteiger partial charge on any atom is 0.573 e. The van der Waals surface area contributed by atoms with E-state index >= 15 is 0 Å². The van der Waals surface area contributed by atoms with E-state index in [0.717, 1.165) is 28.6 Å². The fourth-order valence-electron chi connectivity index (χ4n) is 3.03. The number of carbonyl (C=O) groups excluding carboxylic acids is 1. The third-order valence-electron chi connectivity index (χ3n) is 4.27. The molecule has 1 amide bonds. The van der Waals surface area contributed by atoms with Crippen molar-refractivity contribution in [1.82, 2.24) is 4.98 Å². The van der Waals surface area contributed by atoms with Crippen molar-refractivity contribution in [2.75, 3.05) is 23.4 Å². The Labute approximate surface area is 173 Å². The first kappa shape index (κ1) is 20.0. The number of aromatic nitrogens is 1. The fraction of sp³-hybridized carbons (Fsp3) is 0.200. The van der Waals surface area contributed by atoms with Crippen LogP contribution in [-0.2, 0) is 0 Å². The smallest absolute Gasteiger partial charge is 0.489 e. The van der Waals surface area contributed by atoms with E-state index in [4.69, 9.17) is 4.74 Å². The van der Waals surface area contributed by atoms with Crippen LogP contribution in [-0.4, -0.2) is 30.4 Å². The van der Waals surface area contributed by atoms with Crippen molar-refractivity contribution in [1.29, 1.82) is 0 Å². The van der Waals surface area contributed by atoms with Crippen molar-refractivity contribution in [2.45, 2.75) is 13.3 Å². The average molecular weight is 435 g/mol. The van der Waals surface area contributed by atoms with Crippen LogP contribution in [0.3, 0.4) is 0 Å². The van der Waals surface area contributed by atoms with Gasteiger partial charge in [0.15, 0.2) is 10.9 Å². The number of hydrogen-bond donors (Lipinski definition) is 1. The number of carbonyl (C=O) groups is 1. The van der Waals surface area contributed by atoms with Gasteiger partial charge in [-0.1, -0.05) is 6.07 Å². The summed E-state index contributed by atoms with van der Waals surface area (Å²) in [6.45, 7) is 2.90. The molecule has 0 radical (unpaired) electrons. The summed E-state index contributed by atoms with van der Waals surface area (Å²) in [7, 11) is 0. The van der Waals surface area contributed by atoms with Gasteiger partial charge in [-0.25, -0.2) is 4.98 Å². The van der Waals surface area contributed by atoms with Gasteiger partial charge in [0, 0.05) is 11.1 Å². The predicted molar refractivity (Wildman–Crippen MR) is 107 cm³/mol. The molecule has 0 fully saturated rings. The normalized spacial score (nSPS) is 13.4. The third-order valence-corrected chi connectivity index (χ3v) is 5.26. The highest BCUT2D eigenvalue weighted by atomic mass is 32.1. The van der Waals surface area contributed by atoms with E-state index in [1.165, 1.54) is 23.5 Å². The van der Waals surface area contributed by atoms with Crippen LogP contribution in [0.25, 0.3) is 0 Å². The van der Waals surface area contributed by atoms with Crippen LogP contribution in [0.2, 0.25) is 0 Å². The Bertz CT molecular complexity index is 1070. The standard InChI is InChI=1S/C20H16F3N3O3S/c1-12-11-30-19(24-12)26-9-10-28-17-15(3-2-4-16(17)26)18(27)25-13-5-7-14(8-6-13)29-20(21,22)23/h2-8,11H,9-10H2,1H3,(H,25,27). The van der Waals surface area contributed by atoms with Gasteiger partial charge in [-0.15, -0.1) is 24.5 Å². The average Bonchev–Trinajstić information content (AvgIpc) is 3.13. The molecule has 1 N–H and O–H groups in total. The first-order valence-electron chi connectivity index (χ1n) is 8.93. The first-order chi connectivity index (χ1) is 14.3. The molecular weight excluding hydrogens is 419 g/mol. The van der Waals surface area contributed by atoms with Gasteiger partial charge in [-0.3, -0.25) is 4.79 Å². The predicted octanol–water partition coefficient (Wildman–Crippen LogP) is 5.13. The first-order valence-corrected chi connectivity index (χ1v) is 9.81. The van der Waals surface area contributed by atoms with Crippen LogP contribution in [0.1, 0.15) is 16.1 Å². The number of aryl methyl sites for hydroxylation is 1. The lowest BCUT2D eigenvalue weighted by molar-refractivity contribution is -0.274. The number of nitrogens with zero attached hydrogens (tertiary/aromatic N) is 2. The maximum atomic E-state index is 12.8. The molecule has 1 aliphatic heterocycles. The zero-order valence-corrected chi connectivity index (χ0v) is 16.5. The van der Waals surface area contributed by atoms with Crippen LogP contribution in [0, 0.1) is 6.92 Å². The molecule has 0 aliphatic carbocycles. The number of fused-ring (bicyclic) bond motifs is 1. The number of nitrogens with one attached hydrogen (secondary N) is 1. The Kier molecular flexibility index (Phi) is 5.25. The molecule has 156 valence electrons. The Morgan fingerprint density at radius 3 is 2.67 bits per heavy atom. The minimum atomic E-state index is -4.77. The number of hydrogen-bond acceptors (Lipinski definition) is 6. The molecule has 0 unspecified atom stereocenters. The molecule has 2 heterocycles. The van der Waals surface area contributed by atoms with E-state index in [9.17, 15) is 18.0 Å². The van der Waals surface area contributed by atoms with Gasteiger partial charge < -0.3 is 19.7 Å². The number of benzene rings is 2. The van der Waals surface area contributed by atoms with Gasteiger partial charge in [-0.05, 0) is 43.3 Å².